The maximum absolute atomic E-state index is 12.9. The first kappa shape index (κ1) is 24.6. The molecule has 0 aliphatic heterocycles. The van der Waals surface area contributed by atoms with E-state index in [2.05, 4.69) is 15.8 Å². The molecule has 1 aliphatic rings. The van der Waals surface area contributed by atoms with E-state index in [1.165, 1.54) is 18.2 Å². The average molecular weight is 509 g/mol. The van der Waals surface area contributed by atoms with E-state index in [4.69, 9.17) is 4.42 Å². The van der Waals surface area contributed by atoms with Crippen molar-refractivity contribution in [2.24, 2.45) is 5.10 Å². The van der Waals surface area contributed by atoms with Gasteiger partial charge in [0, 0.05) is 40.9 Å². The van der Waals surface area contributed by atoms with E-state index in [1.807, 2.05) is 42.5 Å². The summed E-state index contributed by atoms with van der Waals surface area (Å²) < 4.78 is 5.89. The Morgan fingerprint density at radius 2 is 1.66 bits per heavy atom. The van der Waals surface area contributed by atoms with E-state index in [0.717, 1.165) is 17.5 Å². The molecule has 0 atom stereocenters. The molecule has 2 N–H and O–H groups in total. The van der Waals surface area contributed by atoms with E-state index in [1.54, 1.807) is 25.1 Å². The quantitative estimate of drug-likeness (QED) is 0.248. The van der Waals surface area contributed by atoms with Crippen LogP contribution in [0.1, 0.15) is 50.6 Å². The molecule has 3 aromatic carbocycles. The Labute approximate surface area is 218 Å². The molecular weight excluding hydrogens is 484 g/mol. The van der Waals surface area contributed by atoms with Crippen LogP contribution in [0.15, 0.2) is 88.4 Å². The van der Waals surface area contributed by atoms with Crippen LogP contribution in [0.2, 0.25) is 0 Å². The summed E-state index contributed by atoms with van der Waals surface area (Å²) in [4.78, 5) is 36.2. The van der Waals surface area contributed by atoms with Crippen molar-refractivity contribution < 1.29 is 18.9 Å². The minimum Gasteiger partial charge on any atom is -0.455 e. The number of anilines is 1. The highest BCUT2D eigenvalue weighted by atomic mass is 16.6. The molecule has 1 aliphatic carbocycles. The SMILES string of the molecule is Cc1c(C(=O)Nc2cccc([N+](=O)[O-])c2)oc2c1/C(=N/NC(=O)c1ccc(-c3ccccc3)cc1)CCC2. The highest BCUT2D eigenvalue weighted by Crippen LogP contribution is 2.30. The van der Waals surface area contributed by atoms with E-state index >= 15 is 0 Å². The molecule has 9 heteroatoms. The summed E-state index contributed by atoms with van der Waals surface area (Å²) in [6.45, 7) is 1.76. The van der Waals surface area contributed by atoms with Crippen LogP contribution in [0, 0.1) is 17.0 Å². The number of nitrogens with one attached hydrogen (secondary N) is 2. The fraction of sp³-hybridized carbons (Fsp3) is 0.138. The molecule has 0 saturated carbocycles. The lowest BCUT2D eigenvalue weighted by molar-refractivity contribution is -0.384. The van der Waals surface area contributed by atoms with Crippen molar-refractivity contribution in [1.82, 2.24) is 5.43 Å². The Morgan fingerprint density at radius 3 is 2.39 bits per heavy atom. The van der Waals surface area contributed by atoms with Gasteiger partial charge in [-0.25, -0.2) is 5.43 Å². The van der Waals surface area contributed by atoms with Crippen LogP contribution in [0.25, 0.3) is 11.1 Å². The Kier molecular flexibility index (Phi) is 6.82. The van der Waals surface area contributed by atoms with Gasteiger partial charge in [0.2, 0.25) is 0 Å². The standard InChI is InChI=1S/C29H24N4O5/c1-18-26-24(31-32-28(34)21-15-13-20(14-16-21)19-7-3-2-4-8-19)11-6-12-25(26)38-27(18)29(35)30-22-9-5-10-23(17-22)33(36)37/h2-5,7-10,13-17H,6,11-12H2,1H3,(H,30,35)(H,32,34)/b31-24+. The maximum atomic E-state index is 12.9. The minimum atomic E-state index is -0.527. The number of furan rings is 1. The lowest BCUT2D eigenvalue weighted by atomic mass is 9.93. The molecule has 38 heavy (non-hydrogen) atoms. The van der Waals surface area contributed by atoms with Gasteiger partial charge >= 0.3 is 0 Å². The first-order chi connectivity index (χ1) is 18.4. The van der Waals surface area contributed by atoms with E-state index in [0.29, 0.717) is 41.0 Å². The summed E-state index contributed by atoms with van der Waals surface area (Å²) in [5, 5.41) is 18.1. The molecule has 0 radical (unpaired) electrons. The van der Waals surface area contributed by atoms with E-state index < -0.39 is 10.8 Å². The number of rotatable bonds is 6. The van der Waals surface area contributed by atoms with Gasteiger partial charge in [0.25, 0.3) is 17.5 Å². The molecule has 0 spiro atoms. The molecule has 190 valence electrons. The highest BCUT2D eigenvalue weighted by Gasteiger charge is 2.28. The number of amides is 2. The average Bonchev–Trinajstić information content (AvgIpc) is 3.29. The van der Waals surface area contributed by atoms with Crippen LogP contribution in [0.3, 0.4) is 0 Å². The third-order valence-corrected chi connectivity index (χ3v) is 6.39. The van der Waals surface area contributed by atoms with Crippen LogP contribution in [-0.2, 0) is 6.42 Å². The molecular formula is C29H24N4O5. The Morgan fingerprint density at radius 1 is 0.921 bits per heavy atom. The van der Waals surface area contributed by atoms with Crippen molar-refractivity contribution in [1.29, 1.82) is 0 Å². The minimum absolute atomic E-state index is 0.110. The lowest BCUT2D eigenvalue weighted by Crippen LogP contribution is -2.22. The number of aryl methyl sites for hydroxylation is 1. The molecule has 4 aromatic rings. The molecule has 0 fully saturated rings. The maximum Gasteiger partial charge on any atom is 0.291 e. The first-order valence-electron chi connectivity index (χ1n) is 12.1. The zero-order valence-electron chi connectivity index (χ0n) is 20.6. The van der Waals surface area contributed by atoms with Crippen LogP contribution in [0.5, 0.6) is 0 Å². The van der Waals surface area contributed by atoms with Crippen molar-refractivity contribution in [2.45, 2.75) is 26.2 Å². The molecule has 0 bridgehead atoms. The predicted molar refractivity (Wildman–Crippen MR) is 143 cm³/mol. The van der Waals surface area contributed by atoms with Crippen LogP contribution < -0.4 is 10.7 Å². The van der Waals surface area contributed by atoms with Gasteiger partial charge in [-0.05, 0) is 49.1 Å². The molecule has 1 heterocycles. The Hall–Kier alpha value is -5.05. The second-order valence-corrected chi connectivity index (χ2v) is 8.91. The van der Waals surface area contributed by atoms with Gasteiger partial charge in [-0.2, -0.15) is 5.10 Å². The number of non-ortho nitro benzene ring substituents is 1. The summed E-state index contributed by atoms with van der Waals surface area (Å²) in [6, 6.07) is 22.9. The molecule has 2 amide bonds. The summed E-state index contributed by atoms with van der Waals surface area (Å²) in [5.74, 6) is -0.120. The largest absolute Gasteiger partial charge is 0.455 e. The third kappa shape index (κ3) is 5.08. The number of carbonyl (C=O) groups is 2. The van der Waals surface area contributed by atoms with E-state index in [-0.39, 0.29) is 23.0 Å². The Balaban J connectivity index is 1.32. The summed E-state index contributed by atoms with van der Waals surface area (Å²) >= 11 is 0. The number of nitrogens with zero attached hydrogens (tertiary/aromatic N) is 2. The second-order valence-electron chi connectivity index (χ2n) is 8.91. The zero-order valence-corrected chi connectivity index (χ0v) is 20.6. The normalized spacial score (nSPS) is 13.6. The van der Waals surface area contributed by atoms with Gasteiger partial charge < -0.3 is 9.73 Å². The number of nitro benzene ring substituents is 1. The predicted octanol–water partition coefficient (Wildman–Crippen LogP) is 5.89. The van der Waals surface area contributed by atoms with Crippen molar-refractivity contribution >= 4 is 28.9 Å². The van der Waals surface area contributed by atoms with Crippen molar-refractivity contribution in [2.75, 3.05) is 5.32 Å². The molecule has 1 aromatic heterocycles. The Bertz CT molecular complexity index is 1560. The monoisotopic (exact) mass is 508 g/mol. The molecule has 0 unspecified atom stereocenters. The number of hydrogen-bond donors (Lipinski definition) is 2. The van der Waals surface area contributed by atoms with Gasteiger partial charge in [-0.1, -0.05) is 48.5 Å². The number of benzene rings is 3. The van der Waals surface area contributed by atoms with Crippen molar-refractivity contribution in [3.63, 3.8) is 0 Å². The summed E-state index contributed by atoms with van der Waals surface area (Å²) in [6.07, 6.45) is 2.01. The lowest BCUT2D eigenvalue weighted by Gasteiger charge is -2.13. The van der Waals surface area contributed by atoms with Gasteiger partial charge in [0.1, 0.15) is 5.76 Å². The third-order valence-electron chi connectivity index (χ3n) is 6.39. The number of nitro groups is 1. The summed E-state index contributed by atoms with van der Waals surface area (Å²) in [7, 11) is 0. The first-order valence-corrected chi connectivity index (χ1v) is 12.1. The zero-order chi connectivity index (χ0) is 26.6. The van der Waals surface area contributed by atoms with Crippen LogP contribution in [-0.4, -0.2) is 22.4 Å². The van der Waals surface area contributed by atoms with Gasteiger partial charge in [0.15, 0.2) is 5.76 Å². The fourth-order valence-electron chi connectivity index (χ4n) is 4.51. The smallest absolute Gasteiger partial charge is 0.291 e. The molecule has 0 saturated heterocycles. The number of carbonyl (C=O) groups excluding carboxylic acids is 2. The van der Waals surface area contributed by atoms with Crippen molar-refractivity contribution in [3.05, 3.63) is 117 Å². The van der Waals surface area contributed by atoms with Gasteiger partial charge in [0.05, 0.1) is 10.6 Å². The van der Waals surface area contributed by atoms with Crippen LogP contribution >= 0.6 is 0 Å². The van der Waals surface area contributed by atoms with Gasteiger partial charge in [-0.3, -0.25) is 19.7 Å². The van der Waals surface area contributed by atoms with Crippen LogP contribution in [0.4, 0.5) is 11.4 Å². The fourth-order valence-corrected chi connectivity index (χ4v) is 4.51. The summed E-state index contributed by atoms with van der Waals surface area (Å²) in [5.41, 5.74) is 7.29. The highest BCUT2D eigenvalue weighted by molar-refractivity contribution is 6.09. The number of fused-ring (bicyclic) bond motifs is 1. The van der Waals surface area contributed by atoms with Gasteiger partial charge in [-0.15, -0.1) is 0 Å². The number of hydrazone groups is 1. The van der Waals surface area contributed by atoms with E-state index in [9.17, 15) is 19.7 Å². The van der Waals surface area contributed by atoms with Crippen molar-refractivity contribution in [3.8, 4) is 11.1 Å². The topological polar surface area (TPSA) is 127 Å². The second kappa shape index (κ2) is 10.5. The molecule has 9 nitrogen and oxygen atoms in total. The number of hydrogen-bond acceptors (Lipinski definition) is 6. The molecule has 5 rings (SSSR count).